The average Bonchev–Trinajstić information content (AvgIpc) is 3.09. The van der Waals surface area contributed by atoms with E-state index in [1.54, 1.807) is 0 Å². The zero-order chi connectivity index (χ0) is 13.0. The Bertz CT molecular complexity index is 504. The molecule has 2 fully saturated rings. The first-order valence-electron chi connectivity index (χ1n) is 7.08. The molecule has 1 heterocycles. The Morgan fingerprint density at radius 1 is 1.21 bits per heavy atom. The molecular weight excluding hydrogens is 240 g/mol. The highest BCUT2D eigenvalue weighted by molar-refractivity contribution is 5.79. The summed E-state index contributed by atoms with van der Waals surface area (Å²) in [6, 6.07) is 8.66. The van der Waals surface area contributed by atoms with E-state index in [1.165, 1.54) is 31.1 Å². The quantitative estimate of drug-likeness (QED) is 0.572. The molecule has 0 aromatic heterocycles. The fraction of sp³-hybridized carbons (Fsp3) is 0.562. The lowest BCUT2D eigenvalue weighted by molar-refractivity contribution is -0.142. The molecule has 2 bridgehead atoms. The molecule has 3 aliphatic rings. The minimum atomic E-state index is -0.315. The van der Waals surface area contributed by atoms with Crippen molar-refractivity contribution in [3.8, 4) is 0 Å². The second-order valence-corrected chi connectivity index (χ2v) is 6.02. The molecule has 2 aliphatic carbocycles. The Balaban J connectivity index is 1.70. The standard InChI is InChI=1S/C16H18O3/c1-18-15(17)14-16(19-14)12-6-7-13(16)9-11-5-3-2-4-10(11)8-12/h2-5,12-14H,6-9H2,1H3. The summed E-state index contributed by atoms with van der Waals surface area (Å²) in [6.07, 6.45) is 4.11. The molecule has 100 valence electrons. The van der Waals surface area contributed by atoms with Crippen LogP contribution in [0.3, 0.4) is 0 Å². The first-order chi connectivity index (χ1) is 9.25. The molecule has 4 rings (SSSR count). The molecule has 0 amide bonds. The molecule has 3 heteroatoms. The van der Waals surface area contributed by atoms with Gasteiger partial charge < -0.3 is 9.47 Å². The van der Waals surface area contributed by atoms with E-state index in [9.17, 15) is 4.79 Å². The molecule has 19 heavy (non-hydrogen) atoms. The van der Waals surface area contributed by atoms with E-state index in [4.69, 9.17) is 9.47 Å². The van der Waals surface area contributed by atoms with Crippen molar-refractivity contribution >= 4 is 5.97 Å². The topological polar surface area (TPSA) is 38.8 Å². The number of benzene rings is 1. The van der Waals surface area contributed by atoms with Crippen LogP contribution in [0.1, 0.15) is 24.0 Å². The van der Waals surface area contributed by atoms with Crippen molar-refractivity contribution in [2.75, 3.05) is 7.11 Å². The molecule has 1 aromatic carbocycles. The summed E-state index contributed by atoms with van der Waals surface area (Å²) in [5.74, 6) is 0.762. The SMILES string of the molecule is COC(=O)C1OC12C1CCC2Cc2ccccc2C1. The maximum atomic E-state index is 11.8. The van der Waals surface area contributed by atoms with Crippen molar-refractivity contribution in [2.24, 2.45) is 11.8 Å². The van der Waals surface area contributed by atoms with Gasteiger partial charge in [0.25, 0.3) is 0 Å². The van der Waals surface area contributed by atoms with E-state index in [0.29, 0.717) is 11.8 Å². The van der Waals surface area contributed by atoms with Crippen molar-refractivity contribution in [1.29, 1.82) is 0 Å². The summed E-state index contributed by atoms with van der Waals surface area (Å²) in [7, 11) is 1.45. The summed E-state index contributed by atoms with van der Waals surface area (Å²) in [5, 5.41) is 0. The van der Waals surface area contributed by atoms with Gasteiger partial charge in [0.2, 0.25) is 0 Å². The van der Waals surface area contributed by atoms with Gasteiger partial charge in [0, 0.05) is 0 Å². The van der Waals surface area contributed by atoms with Crippen LogP contribution in [-0.4, -0.2) is 24.8 Å². The third kappa shape index (κ3) is 1.45. The Kier molecular flexibility index (Phi) is 2.31. The van der Waals surface area contributed by atoms with Gasteiger partial charge in [-0.2, -0.15) is 0 Å². The monoisotopic (exact) mass is 258 g/mol. The number of ether oxygens (including phenoxy) is 2. The predicted octanol–water partition coefficient (Wildman–Crippen LogP) is 2.12. The van der Waals surface area contributed by atoms with Gasteiger partial charge in [-0.1, -0.05) is 24.3 Å². The van der Waals surface area contributed by atoms with Crippen LogP contribution in [0.25, 0.3) is 0 Å². The number of epoxide rings is 1. The van der Waals surface area contributed by atoms with Crippen LogP contribution in [0.2, 0.25) is 0 Å². The summed E-state index contributed by atoms with van der Waals surface area (Å²) < 4.78 is 10.8. The maximum Gasteiger partial charge on any atom is 0.338 e. The molecule has 1 saturated heterocycles. The van der Waals surface area contributed by atoms with Gasteiger partial charge in [-0.25, -0.2) is 4.79 Å². The van der Waals surface area contributed by atoms with E-state index < -0.39 is 0 Å². The van der Waals surface area contributed by atoms with Crippen LogP contribution in [0.4, 0.5) is 0 Å². The van der Waals surface area contributed by atoms with Gasteiger partial charge in [-0.15, -0.1) is 0 Å². The van der Waals surface area contributed by atoms with Crippen LogP contribution in [0.5, 0.6) is 0 Å². The first kappa shape index (κ1) is 11.5. The van der Waals surface area contributed by atoms with Gasteiger partial charge in [-0.05, 0) is 48.6 Å². The molecule has 3 atom stereocenters. The van der Waals surface area contributed by atoms with E-state index >= 15 is 0 Å². The highest BCUT2D eigenvalue weighted by Gasteiger charge is 2.71. The summed E-state index contributed by atoms with van der Waals surface area (Å²) in [5.41, 5.74) is 2.66. The molecule has 1 spiro atoms. The molecular formula is C16H18O3. The largest absolute Gasteiger partial charge is 0.467 e. The Morgan fingerprint density at radius 2 is 1.79 bits per heavy atom. The van der Waals surface area contributed by atoms with E-state index in [1.807, 2.05) is 0 Å². The van der Waals surface area contributed by atoms with Gasteiger partial charge >= 0.3 is 5.97 Å². The lowest BCUT2D eigenvalue weighted by Crippen LogP contribution is -2.32. The van der Waals surface area contributed by atoms with Crippen LogP contribution in [0, 0.1) is 11.8 Å². The molecule has 0 N–H and O–H groups in total. The first-order valence-corrected chi connectivity index (χ1v) is 7.08. The third-order valence-corrected chi connectivity index (χ3v) is 5.28. The lowest BCUT2D eigenvalue weighted by Gasteiger charge is -2.17. The number of rotatable bonds is 1. The molecule has 3 unspecified atom stereocenters. The highest BCUT2D eigenvalue weighted by Crippen LogP contribution is 2.60. The Labute approximate surface area is 112 Å². The minimum absolute atomic E-state index is 0.192. The maximum absolute atomic E-state index is 11.8. The molecule has 1 aliphatic heterocycles. The van der Waals surface area contributed by atoms with Crippen molar-refractivity contribution in [1.82, 2.24) is 0 Å². The number of carbonyl (C=O) groups excluding carboxylic acids is 1. The number of carbonyl (C=O) groups is 1. The van der Waals surface area contributed by atoms with Crippen molar-refractivity contribution in [3.05, 3.63) is 35.4 Å². The van der Waals surface area contributed by atoms with Crippen molar-refractivity contribution in [3.63, 3.8) is 0 Å². The van der Waals surface area contributed by atoms with Crippen molar-refractivity contribution < 1.29 is 14.3 Å². The Hall–Kier alpha value is -1.35. The van der Waals surface area contributed by atoms with Gasteiger partial charge in [0.1, 0.15) is 5.60 Å². The zero-order valence-electron chi connectivity index (χ0n) is 11.1. The second kappa shape index (κ2) is 3.83. The molecule has 1 saturated carbocycles. The normalized spacial score (nSPS) is 38.7. The highest BCUT2D eigenvalue weighted by atomic mass is 16.7. The number of methoxy groups -OCH3 is 1. The van der Waals surface area contributed by atoms with Gasteiger partial charge in [-0.3, -0.25) is 0 Å². The van der Waals surface area contributed by atoms with E-state index in [2.05, 4.69) is 24.3 Å². The predicted molar refractivity (Wildman–Crippen MR) is 69.7 cm³/mol. The fourth-order valence-electron chi connectivity index (χ4n) is 4.33. The summed E-state index contributed by atoms with van der Waals surface area (Å²) in [6.45, 7) is 0. The van der Waals surface area contributed by atoms with Crippen molar-refractivity contribution in [2.45, 2.75) is 37.4 Å². The van der Waals surface area contributed by atoms with Gasteiger partial charge in [0.05, 0.1) is 7.11 Å². The van der Waals surface area contributed by atoms with Crippen LogP contribution >= 0.6 is 0 Å². The zero-order valence-corrected chi connectivity index (χ0v) is 11.1. The minimum Gasteiger partial charge on any atom is -0.467 e. The number of fused-ring (bicyclic) bond motifs is 1. The third-order valence-electron chi connectivity index (χ3n) is 5.28. The van der Waals surface area contributed by atoms with Crippen LogP contribution in [0.15, 0.2) is 24.3 Å². The fourth-order valence-corrected chi connectivity index (χ4v) is 4.33. The second-order valence-electron chi connectivity index (χ2n) is 6.02. The number of esters is 1. The Morgan fingerprint density at radius 3 is 2.32 bits per heavy atom. The smallest absolute Gasteiger partial charge is 0.338 e. The molecule has 1 aromatic rings. The lowest BCUT2D eigenvalue weighted by atomic mass is 9.84. The number of hydrogen-bond acceptors (Lipinski definition) is 3. The van der Waals surface area contributed by atoms with E-state index in [-0.39, 0.29) is 17.7 Å². The van der Waals surface area contributed by atoms with Gasteiger partial charge in [0.15, 0.2) is 6.10 Å². The average molecular weight is 258 g/mol. The summed E-state index contributed by atoms with van der Waals surface area (Å²) in [4.78, 5) is 11.8. The van der Waals surface area contributed by atoms with Crippen LogP contribution < -0.4 is 0 Å². The number of hydrogen-bond donors (Lipinski definition) is 0. The van der Waals surface area contributed by atoms with E-state index in [0.717, 1.165) is 12.8 Å². The van der Waals surface area contributed by atoms with Crippen LogP contribution in [-0.2, 0) is 27.1 Å². The summed E-state index contributed by atoms with van der Waals surface area (Å²) >= 11 is 0. The molecule has 0 radical (unpaired) electrons. The molecule has 3 nitrogen and oxygen atoms in total.